The number of aliphatic carboxylic acids is 1. The zero-order valence-corrected chi connectivity index (χ0v) is 21.8. The summed E-state index contributed by atoms with van der Waals surface area (Å²) in [4.78, 5) is 18.5. The maximum absolute atomic E-state index is 12.2. The van der Waals surface area contributed by atoms with E-state index in [1.54, 1.807) is 17.4 Å². The molecule has 0 spiro atoms. The van der Waals surface area contributed by atoms with Crippen LogP contribution in [0.15, 0.2) is 53.5 Å². The highest BCUT2D eigenvalue weighted by atomic mass is 32.1. The highest BCUT2D eigenvalue weighted by Gasteiger charge is 2.37. The van der Waals surface area contributed by atoms with Gasteiger partial charge >= 0.3 is 5.97 Å². The first-order valence-electron chi connectivity index (χ1n) is 12.0. The predicted molar refractivity (Wildman–Crippen MR) is 144 cm³/mol. The number of nitrogens with one attached hydrogen (secondary N) is 1. The third-order valence-electron chi connectivity index (χ3n) is 6.81. The number of aryl methyl sites for hydroxylation is 2. The van der Waals surface area contributed by atoms with E-state index in [1.165, 1.54) is 0 Å². The van der Waals surface area contributed by atoms with Crippen LogP contribution in [0.1, 0.15) is 58.2 Å². The summed E-state index contributed by atoms with van der Waals surface area (Å²) in [6.45, 7) is 7.89. The smallest absolute Gasteiger partial charge is 0.309 e. The van der Waals surface area contributed by atoms with Crippen LogP contribution in [0.5, 0.6) is 0 Å². The van der Waals surface area contributed by atoms with Gasteiger partial charge in [-0.3, -0.25) is 14.4 Å². The summed E-state index contributed by atoms with van der Waals surface area (Å²) in [5.41, 5.74) is 5.84. The van der Waals surface area contributed by atoms with E-state index in [1.807, 2.05) is 60.9 Å². The summed E-state index contributed by atoms with van der Waals surface area (Å²) >= 11 is 1.64. The van der Waals surface area contributed by atoms with E-state index in [4.69, 9.17) is 4.99 Å². The molecule has 2 aromatic heterocycles. The van der Waals surface area contributed by atoms with Gasteiger partial charge in [0, 0.05) is 21.7 Å². The van der Waals surface area contributed by atoms with Gasteiger partial charge in [-0.05, 0) is 57.0 Å². The minimum atomic E-state index is -0.906. The van der Waals surface area contributed by atoms with Crippen molar-refractivity contribution in [1.29, 1.82) is 5.26 Å². The summed E-state index contributed by atoms with van der Waals surface area (Å²) < 4.78 is 1.97. The summed E-state index contributed by atoms with van der Waals surface area (Å²) in [6.07, 6.45) is 0.412. The molecule has 9 heteroatoms. The van der Waals surface area contributed by atoms with Crippen LogP contribution in [0.3, 0.4) is 0 Å². The normalized spacial score (nSPS) is 15.1. The number of benzene rings is 2. The van der Waals surface area contributed by atoms with Crippen molar-refractivity contribution >= 4 is 34.4 Å². The molecule has 37 heavy (non-hydrogen) atoms. The Morgan fingerprint density at radius 3 is 2.57 bits per heavy atom. The van der Waals surface area contributed by atoms with Gasteiger partial charge in [-0.1, -0.05) is 31.2 Å². The minimum Gasteiger partial charge on any atom is -0.481 e. The number of nitriles is 1. The van der Waals surface area contributed by atoms with E-state index in [2.05, 4.69) is 35.4 Å². The number of carboxylic acid groups (broad SMARTS) is 1. The molecule has 0 fully saturated rings. The Hall–Kier alpha value is -4.29. The van der Waals surface area contributed by atoms with Crippen molar-refractivity contribution in [3.05, 3.63) is 87.3 Å². The predicted octanol–water partition coefficient (Wildman–Crippen LogP) is 5.87. The summed E-state index contributed by atoms with van der Waals surface area (Å²) in [5, 5.41) is 32.4. The quantitative estimate of drug-likeness (QED) is 0.335. The third-order valence-corrected chi connectivity index (χ3v) is 8.00. The number of aromatic nitrogens is 3. The average Bonchev–Trinajstić information content (AvgIpc) is 3.36. The van der Waals surface area contributed by atoms with Crippen LogP contribution < -0.4 is 5.32 Å². The Morgan fingerprint density at radius 2 is 1.89 bits per heavy atom. The van der Waals surface area contributed by atoms with Crippen LogP contribution in [0, 0.1) is 38.0 Å². The van der Waals surface area contributed by atoms with Crippen molar-refractivity contribution in [3.63, 3.8) is 0 Å². The molecule has 1 unspecified atom stereocenters. The summed E-state index contributed by atoms with van der Waals surface area (Å²) in [5.74, 6) is -0.390. The van der Waals surface area contributed by atoms with E-state index in [0.29, 0.717) is 23.6 Å². The molecule has 8 nitrogen and oxygen atoms in total. The van der Waals surface area contributed by atoms with Crippen molar-refractivity contribution in [2.75, 3.05) is 5.32 Å². The maximum atomic E-state index is 12.2. The molecule has 1 aliphatic rings. The van der Waals surface area contributed by atoms with Crippen LogP contribution in [0.25, 0.3) is 5.00 Å². The highest BCUT2D eigenvalue weighted by Crippen LogP contribution is 2.41. The van der Waals surface area contributed by atoms with Crippen LogP contribution in [-0.2, 0) is 4.79 Å². The van der Waals surface area contributed by atoms with Gasteiger partial charge in [-0.25, -0.2) is 0 Å². The van der Waals surface area contributed by atoms with Crippen LogP contribution >= 0.6 is 11.3 Å². The lowest BCUT2D eigenvalue weighted by Gasteiger charge is -2.19. The van der Waals surface area contributed by atoms with Gasteiger partial charge < -0.3 is 10.4 Å². The number of thiophene rings is 1. The largest absolute Gasteiger partial charge is 0.481 e. The molecule has 0 saturated carbocycles. The van der Waals surface area contributed by atoms with E-state index in [0.717, 1.165) is 43.7 Å². The van der Waals surface area contributed by atoms with Crippen molar-refractivity contribution in [3.8, 4) is 11.1 Å². The first-order valence-corrected chi connectivity index (χ1v) is 12.9. The fraction of sp³-hybridized carbons (Fsp3) is 0.250. The lowest BCUT2D eigenvalue weighted by atomic mass is 9.95. The lowest BCUT2D eigenvalue weighted by molar-refractivity contribution is -0.142. The molecule has 2 N–H and O–H groups in total. The van der Waals surface area contributed by atoms with E-state index in [-0.39, 0.29) is 0 Å². The third kappa shape index (κ3) is 4.19. The fourth-order valence-electron chi connectivity index (χ4n) is 4.71. The average molecular weight is 511 g/mol. The lowest BCUT2D eigenvalue weighted by Crippen LogP contribution is -2.23. The number of hydrogen-bond donors (Lipinski definition) is 2. The number of aliphatic imine (C=N–C) groups is 1. The molecular formula is C28H26N6O2S. The van der Waals surface area contributed by atoms with E-state index in [9.17, 15) is 15.2 Å². The molecule has 186 valence electrons. The molecule has 1 aliphatic heterocycles. The van der Waals surface area contributed by atoms with Gasteiger partial charge in [-0.2, -0.15) is 5.26 Å². The molecule has 0 aliphatic carbocycles. The molecule has 0 saturated heterocycles. The Balaban J connectivity index is 1.65. The molecule has 0 amide bonds. The Bertz CT molecular complexity index is 1580. The minimum absolute atomic E-state index is 0.412. The molecule has 0 bridgehead atoms. The Morgan fingerprint density at radius 1 is 1.16 bits per heavy atom. The van der Waals surface area contributed by atoms with E-state index >= 15 is 0 Å². The van der Waals surface area contributed by atoms with Gasteiger partial charge in [-0.15, -0.1) is 21.5 Å². The number of para-hydroxylation sites is 1. The zero-order chi connectivity index (χ0) is 26.3. The number of carboxylic acids is 1. The topological polar surface area (TPSA) is 116 Å². The van der Waals surface area contributed by atoms with Crippen molar-refractivity contribution < 1.29 is 9.90 Å². The van der Waals surface area contributed by atoms with Crippen LogP contribution in [0.2, 0.25) is 0 Å². The molecule has 2 atom stereocenters. The first-order chi connectivity index (χ1) is 17.8. The number of fused-ring (bicyclic) bond motifs is 3. The van der Waals surface area contributed by atoms with Gasteiger partial charge in [0.05, 0.1) is 22.9 Å². The highest BCUT2D eigenvalue weighted by molar-refractivity contribution is 7.15. The molecule has 2 aromatic carbocycles. The second-order valence-electron chi connectivity index (χ2n) is 9.04. The van der Waals surface area contributed by atoms with Crippen LogP contribution in [-0.4, -0.2) is 31.6 Å². The van der Waals surface area contributed by atoms with Gasteiger partial charge in [0.1, 0.15) is 22.9 Å². The second-order valence-corrected chi connectivity index (χ2v) is 10.2. The Labute approximate surface area is 219 Å². The van der Waals surface area contributed by atoms with E-state index < -0.39 is 17.9 Å². The van der Waals surface area contributed by atoms with Gasteiger partial charge in [0.25, 0.3) is 0 Å². The molecule has 0 radical (unpaired) electrons. The number of carbonyl (C=O) groups is 1. The SMILES string of the molecule is CC[C@H](C(=O)O)C1N=C(c2ccc(Nc3ccccc3C#N)cc2)c2c(sc(C)c2C)-n2c(C)nnc21. The first kappa shape index (κ1) is 24.4. The standard InChI is InChI=1S/C28H26N6O2S/c1-5-21(28(35)36)25-26-33-32-17(4)34(26)27-23(15(2)16(3)37-27)24(31-25)18-10-12-20(13-11-18)30-22-9-7-6-8-19(22)14-29/h6-13,21,25,30H,5H2,1-4H3,(H,35,36)/t21-,25?/m0/s1. The number of rotatable bonds is 6. The molecule has 4 aromatic rings. The summed E-state index contributed by atoms with van der Waals surface area (Å²) in [6, 6.07) is 16.7. The maximum Gasteiger partial charge on any atom is 0.309 e. The molecule has 5 rings (SSSR count). The number of hydrogen-bond acceptors (Lipinski definition) is 7. The number of nitrogens with zero attached hydrogens (tertiary/aromatic N) is 5. The molecular weight excluding hydrogens is 484 g/mol. The van der Waals surface area contributed by atoms with Gasteiger partial charge in [0.2, 0.25) is 0 Å². The Kier molecular flexibility index (Phi) is 6.36. The fourth-order valence-corrected chi connectivity index (χ4v) is 5.92. The zero-order valence-electron chi connectivity index (χ0n) is 21.0. The van der Waals surface area contributed by atoms with Crippen LogP contribution in [0.4, 0.5) is 11.4 Å². The van der Waals surface area contributed by atoms with Gasteiger partial charge in [0.15, 0.2) is 5.82 Å². The van der Waals surface area contributed by atoms with Crippen molar-refractivity contribution in [2.45, 2.75) is 40.2 Å². The summed E-state index contributed by atoms with van der Waals surface area (Å²) in [7, 11) is 0. The molecule has 3 heterocycles. The second kappa shape index (κ2) is 9.64. The number of anilines is 2. The van der Waals surface area contributed by atoms with Crippen molar-refractivity contribution in [1.82, 2.24) is 14.8 Å². The van der Waals surface area contributed by atoms with Crippen molar-refractivity contribution in [2.24, 2.45) is 10.9 Å². The monoisotopic (exact) mass is 510 g/mol.